The summed E-state index contributed by atoms with van der Waals surface area (Å²) in [6.45, 7) is 0.406. The van der Waals surface area contributed by atoms with Gasteiger partial charge in [-0.3, -0.25) is 14.4 Å². The predicted octanol–water partition coefficient (Wildman–Crippen LogP) is 3.57. The summed E-state index contributed by atoms with van der Waals surface area (Å²) < 4.78 is 10.1. The summed E-state index contributed by atoms with van der Waals surface area (Å²) in [7, 11) is 2.80. The monoisotopic (exact) mass is 425 g/mol. The molecule has 0 N–H and O–H groups in total. The summed E-state index contributed by atoms with van der Waals surface area (Å²) in [6, 6.07) is 15.1. The number of methoxy groups -OCH3 is 2. The quantitative estimate of drug-likeness (QED) is 0.305. The third kappa shape index (κ3) is 4.91. The van der Waals surface area contributed by atoms with Crippen molar-refractivity contribution in [1.29, 1.82) is 0 Å². The van der Waals surface area contributed by atoms with Crippen molar-refractivity contribution >= 4 is 28.8 Å². The molecule has 2 atom stereocenters. The van der Waals surface area contributed by atoms with E-state index in [1.54, 1.807) is 54.5 Å². The van der Waals surface area contributed by atoms with Crippen molar-refractivity contribution in [2.45, 2.75) is 17.4 Å². The highest BCUT2D eigenvalue weighted by Gasteiger charge is 2.41. The molecule has 1 unspecified atom stereocenters. The molecule has 30 heavy (non-hydrogen) atoms. The third-order valence-corrected chi connectivity index (χ3v) is 5.80. The van der Waals surface area contributed by atoms with Crippen molar-refractivity contribution < 1.29 is 23.9 Å². The standard InChI is InChI=1S/C23H23NO5S/c1-28-17-13-11-16(12-14-17)21(25)24-15-7-6-10-19(24)20(22(26)29-2)23(27)30-18-8-4-3-5-9-18/h3-6,8-14,19-20H,7,15H2,1-2H3/t19-,20?/m1/s1. The molecule has 0 radical (unpaired) electrons. The van der Waals surface area contributed by atoms with Gasteiger partial charge in [-0.05, 0) is 42.8 Å². The molecule has 0 saturated heterocycles. The fraction of sp³-hybridized carbons (Fsp3) is 0.261. The number of carbonyl (C=O) groups excluding carboxylic acids is 3. The summed E-state index contributed by atoms with van der Waals surface area (Å²) in [5.41, 5.74) is 0.461. The molecule has 0 aromatic heterocycles. The largest absolute Gasteiger partial charge is 0.497 e. The Morgan fingerprint density at radius 3 is 2.37 bits per heavy atom. The van der Waals surface area contributed by atoms with Gasteiger partial charge in [0.1, 0.15) is 11.7 Å². The zero-order valence-corrected chi connectivity index (χ0v) is 17.6. The first-order chi connectivity index (χ1) is 14.5. The van der Waals surface area contributed by atoms with Gasteiger partial charge in [0.05, 0.1) is 20.3 Å². The second-order valence-corrected chi connectivity index (χ2v) is 7.75. The number of carbonyl (C=O) groups is 3. The van der Waals surface area contributed by atoms with Crippen LogP contribution in [0.3, 0.4) is 0 Å². The van der Waals surface area contributed by atoms with Crippen LogP contribution in [0.2, 0.25) is 0 Å². The lowest BCUT2D eigenvalue weighted by Crippen LogP contribution is -2.50. The summed E-state index contributed by atoms with van der Waals surface area (Å²) in [6.07, 6.45) is 4.28. The maximum atomic E-state index is 13.2. The highest BCUT2D eigenvalue weighted by atomic mass is 32.2. The maximum absolute atomic E-state index is 13.2. The minimum Gasteiger partial charge on any atom is -0.497 e. The van der Waals surface area contributed by atoms with Gasteiger partial charge < -0.3 is 14.4 Å². The molecule has 156 valence electrons. The van der Waals surface area contributed by atoms with Gasteiger partial charge in [-0.2, -0.15) is 0 Å². The average molecular weight is 426 g/mol. The van der Waals surface area contributed by atoms with Gasteiger partial charge >= 0.3 is 5.97 Å². The van der Waals surface area contributed by atoms with Gasteiger partial charge in [0, 0.05) is 17.0 Å². The number of ether oxygens (including phenoxy) is 2. The zero-order chi connectivity index (χ0) is 21.5. The Balaban J connectivity index is 1.88. The Morgan fingerprint density at radius 2 is 1.73 bits per heavy atom. The molecule has 0 spiro atoms. The van der Waals surface area contributed by atoms with Gasteiger partial charge in [-0.15, -0.1) is 0 Å². The van der Waals surface area contributed by atoms with Crippen LogP contribution in [-0.4, -0.2) is 48.7 Å². The van der Waals surface area contributed by atoms with Crippen LogP contribution in [0.4, 0.5) is 0 Å². The van der Waals surface area contributed by atoms with E-state index in [1.807, 2.05) is 24.3 Å². The molecule has 7 heteroatoms. The minimum absolute atomic E-state index is 0.251. The SMILES string of the molecule is COC(=O)C(C(=O)Sc1ccccc1)[C@H]1C=CCCN1C(=O)c1ccc(OC)cc1. The highest BCUT2D eigenvalue weighted by Crippen LogP contribution is 2.29. The summed E-state index contributed by atoms with van der Waals surface area (Å²) in [5.74, 6) is -1.40. The third-order valence-electron chi connectivity index (χ3n) is 4.84. The molecular weight excluding hydrogens is 402 g/mol. The number of hydrogen-bond acceptors (Lipinski definition) is 6. The molecule has 1 amide bonds. The van der Waals surface area contributed by atoms with Crippen LogP contribution in [-0.2, 0) is 14.3 Å². The molecule has 0 aliphatic carbocycles. The second kappa shape index (κ2) is 10.1. The molecular formula is C23H23NO5S. The normalized spacial score (nSPS) is 16.6. The lowest BCUT2D eigenvalue weighted by Gasteiger charge is -2.35. The molecule has 2 aromatic rings. The van der Waals surface area contributed by atoms with Crippen LogP contribution in [0.15, 0.2) is 71.6 Å². The molecule has 6 nitrogen and oxygen atoms in total. The van der Waals surface area contributed by atoms with Crippen LogP contribution in [0, 0.1) is 5.92 Å². The fourth-order valence-corrected chi connectivity index (χ4v) is 4.19. The van der Waals surface area contributed by atoms with E-state index in [1.165, 1.54) is 7.11 Å². The zero-order valence-electron chi connectivity index (χ0n) is 16.8. The van der Waals surface area contributed by atoms with E-state index < -0.39 is 17.9 Å². The number of amides is 1. The predicted molar refractivity (Wildman–Crippen MR) is 114 cm³/mol. The number of benzene rings is 2. The Hall–Kier alpha value is -3.06. The first-order valence-electron chi connectivity index (χ1n) is 9.51. The molecule has 0 saturated carbocycles. The topological polar surface area (TPSA) is 72.9 Å². The van der Waals surface area contributed by atoms with E-state index in [4.69, 9.17) is 9.47 Å². The Bertz CT molecular complexity index is 926. The summed E-state index contributed by atoms with van der Waals surface area (Å²) >= 11 is 0.975. The number of thioether (sulfide) groups is 1. The first kappa shape index (κ1) is 21.6. The number of esters is 1. The Labute approximate surface area is 179 Å². The lowest BCUT2D eigenvalue weighted by molar-refractivity contribution is -0.149. The van der Waals surface area contributed by atoms with Crippen molar-refractivity contribution in [3.63, 3.8) is 0 Å². The smallest absolute Gasteiger partial charge is 0.319 e. The molecule has 0 fully saturated rings. The fourth-order valence-electron chi connectivity index (χ4n) is 3.30. The molecule has 0 bridgehead atoms. The van der Waals surface area contributed by atoms with Gasteiger partial charge in [0.15, 0.2) is 0 Å². The van der Waals surface area contributed by atoms with Crippen molar-refractivity contribution in [2.24, 2.45) is 5.92 Å². The Kier molecular flexibility index (Phi) is 7.30. The van der Waals surface area contributed by atoms with E-state index in [2.05, 4.69) is 0 Å². The highest BCUT2D eigenvalue weighted by molar-refractivity contribution is 8.13. The van der Waals surface area contributed by atoms with Gasteiger partial charge in [0.2, 0.25) is 5.12 Å². The summed E-state index contributed by atoms with van der Waals surface area (Å²) in [4.78, 5) is 41.1. The average Bonchev–Trinajstić information content (AvgIpc) is 2.79. The lowest BCUT2D eigenvalue weighted by atomic mass is 9.95. The van der Waals surface area contributed by atoms with E-state index in [0.717, 1.165) is 16.7 Å². The van der Waals surface area contributed by atoms with Crippen molar-refractivity contribution in [1.82, 2.24) is 4.90 Å². The van der Waals surface area contributed by atoms with E-state index in [9.17, 15) is 14.4 Å². The van der Waals surface area contributed by atoms with Crippen LogP contribution < -0.4 is 4.74 Å². The van der Waals surface area contributed by atoms with E-state index >= 15 is 0 Å². The van der Waals surface area contributed by atoms with Gasteiger partial charge in [0.25, 0.3) is 5.91 Å². The van der Waals surface area contributed by atoms with Gasteiger partial charge in [-0.1, -0.05) is 42.1 Å². The van der Waals surface area contributed by atoms with Crippen LogP contribution in [0.1, 0.15) is 16.8 Å². The molecule has 1 heterocycles. The van der Waals surface area contributed by atoms with E-state index in [0.29, 0.717) is 24.3 Å². The van der Waals surface area contributed by atoms with E-state index in [-0.39, 0.29) is 11.0 Å². The summed E-state index contributed by atoms with van der Waals surface area (Å²) in [5, 5.41) is -0.364. The first-order valence-corrected chi connectivity index (χ1v) is 10.3. The minimum atomic E-state index is -1.13. The number of rotatable bonds is 6. The maximum Gasteiger partial charge on any atom is 0.319 e. The number of hydrogen-bond donors (Lipinski definition) is 0. The van der Waals surface area contributed by atoms with Crippen LogP contribution in [0.5, 0.6) is 5.75 Å². The molecule has 1 aliphatic heterocycles. The molecule has 2 aromatic carbocycles. The van der Waals surface area contributed by atoms with Crippen molar-refractivity contribution in [2.75, 3.05) is 20.8 Å². The van der Waals surface area contributed by atoms with Crippen LogP contribution >= 0.6 is 11.8 Å². The molecule has 1 aliphatic rings. The molecule has 3 rings (SSSR count). The van der Waals surface area contributed by atoms with Crippen molar-refractivity contribution in [3.05, 3.63) is 72.3 Å². The van der Waals surface area contributed by atoms with Crippen molar-refractivity contribution in [3.8, 4) is 5.75 Å². The number of nitrogens with zero attached hydrogens (tertiary/aromatic N) is 1. The van der Waals surface area contributed by atoms with Gasteiger partial charge in [-0.25, -0.2) is 0 Å². The second-order valence-electron chi connectivity index (χ2n) is 6.67. The Morgan fingerprint density at radius 1 is 1.03 bits per heavy atom. The van der Waals surface area contributed by atoms with Crippen LogP contribution in [0.25, 0.3) is 0 Å².